The number of ether oxygens (including phenoxy) is 1. The normalized spacial score (nSPS) is 8.68. The van der Waals surface area contributed by atoms with Crippen molar-refractivity contribution in [3.05, 3.63) is 39.9 Å². The zero-order chi connectivity index (χ0) is 17.1. The molecule has 1 aromatic carbocycles. The number of para-hydroxylation sites is 1. The van der Waals surface area contributed by atoms with E-state index in [9.17, 15) is 19.7 Å². The molecule has 22 heavy (non-hydrogen) atoms. The number of methoxy groups -OCH3 is 1. The molecule has 0 unspecified atom stereocenters. The molecule has 5 N–H and O–H groups in total. The lowest BCUT2D eigenvalue weighted by atomic mass is 10.2. The highest BCUT2D eigenvalue weighted by Gasteiger charge is 2.18. The van der Waals surface area contributed by atoms with Crippen LogP contribution in [-0.4, -0.2) is 28.4 Å². The third-order valence-corrected chi connectivity index (χ3v) is 2.33. The molecule has 0 fully saturated rings. The number of nitrogens with zero attached hydrogens (tertiary/aromatic N) is 1. The number of nitrogens with two attached hydrogens (primary N) is 1. The second-order valence-electron chi connectivity index (χ2n) is 3.29. The van der Waals surface area contributed by atoms with Crippen LogP contribution in [-0.2, 0) is 4.74 Å². The number of thiol groups is 1. The Kier molecular flexibility index (Phi) is 9.17. The van der Waals surface area contributed by atoms with Gasteiger partial charge < -0.3 is 4.74 Å². The van der Waals surface area contributed by atoms with E-state index in [0.717, 1.165) is 0 Å². The Morgan fingerprint density at radius 3 is 2.36 bits per heavy atom. The average Bonchev–Trinajstić information content (AvgIpc) is 2.52. The fraction of sp³-hybridized carbons (Fsp3) is 0.100. The number of thiocarbonyl (C=S) groups is 1. The topological polar surface area (TPSA) is 149 Å². The van der Waals surface area contributed by atoms with Crippen molar-refractivity contribution in [3.63, 3.8) is 0 Å². The molecular formula is C10H13N5O5S2. The molecule has 0 saturated heterocycles. The molecule has 12 heteroatoms. The first-order valence-electron chi connectivity index (χ1n) is 5.40. The van der Waals surface area contributed by atoms with E-state index in [1.165, 1.54) is 31.4 Å². The van der Waals surface area contributed by atoms with Crippen LogP contribution in [0.2, 0.25) is 0 Å². The van der Waals surface area contributed by atoms with Crippen molar-refractivity contribution in [3.8, 4) is 0 Å². The third kappa shape index (κ3) is 7.37. The molecule has 1 rings (SSSR count). The standard InChI is InChI=1S/C9H9N3O4S.CH4N2OS/c1-16-9(17)11-10-8(13)6-4-2-3-5-7(6)12(14)15;2-3-1(4)5/h2-5H,1H3,(H,10,13)(H,11,17);2H2,(H2,3,4,5). The quantitative estimate of drug-likeness (QED) is 0.128. The lowest BCUT2D eigenvalue weighted by Gasteiger charge is -2.07. The molecule has 0 aliphatic rings. The largest absolute Gasteiger partial charge is 0.473 e. The lowest BCUT2D eigenvalue weighted by molar-refractivity contribution is -0.385. The summed E-state index contributed by atoms with van der Waals surface area (Å²) in [5.41, 5.74) is 5.87. The summed E-state index contributed by atoms with van der Waals surface area (Å²) in [5.74, 6) is 3.83. The fourth-order valence-electron chi connectivity index (χ4n) is 1.05. The smallest absolute Gasteiger partial charge is 0.289 e. The van der Waals surface area contributed by atoms with Crippen molar-refractivity contribution in [1.82, 2.24) is 16.3 Å². The van der Waals surface area contributed by atoms with Crippen LogP contribution in [0.15, 0.2) is 24.3 Å². The molecular weight excluding hydrogens is 334 g/mol. The maximum absolute atomic E-state index is 11.6. The minimum Gasteiger partial charge on any atom is -0.473 e. The molecule has 0 aliphatic heterocycles. The van der Waals surface area contributed by atoms with Crippen LogP contribution in [0.5, 0.6) is 0 Å². The number of nitro benzene ring substituents is 1. The minimum absolute atomic E-state index is 0.0445. The number of hydrazine groups is 2. The van der Waals surface area contributed by atoms with Crippen LogP contribution in [0.4, 0.5) is 10.5 Å². The molecule has 0 radical (unpaired) electrons. The second-order valence-corrected chi connectivity index (χ2v) is 4.07. The van der Waals surface area contributed by atoms with Gasteiger partial charge in [-0.05, 0) is 18.3 Å². The van der Waals surface area contributed by atoms with E-state index in [2.05, 4.69) is 46.3 Å². The maximum Gasteiger partial charge on any atom is 0.289 e. The summed E-state index contributed by atoms with van der Waals surface area (Å²) in [6.45, 7) is 0. The van der Waals surface area contributed by atoms with Gasteiger partial charge in [-0.15, -0.1) is 0 Å². The molecule has 0 bridgehead atoms. The molecule has 0 aliphatic carbocycles. The molecule has 0 spiro atoms. The van der Waals surface area contributed by atoms with Crippen LogP contribution < -0.4 is 22.1 Å². The summed E-state index contributed by atoms with van der Waals surface area (Å²) in [7, 11) is 1.33. The Hall–Kier alpha value is -2.44. The van der Waals surface area contributed by atoms with Crippen LogP contribution in [0, 0.1) is 10.1 Å². The van der Waals surface area contributed by atoms with E-state index in [1.807, 2.05) is 0 Å². The van der Waals surface area contributed by atoms with Gasteiger partial charge in [0.25, 0.3) is 22.0 Å². The number of rotatable bonds is 2. The zero-order valence-electron chi connectivity index (χ0n) is 11.2. The minimum atomic E-state index is -0.670. The highest BCUT2D eigenvalue weighted by atomic mass is 32.1. The van der Waals surface area contributed by atoms with Gasteiger partial charge in [0.15, 0.2) is 0 Å². The van der Waals surface area contributed by atoms with Gasteiger partial charge in [-0.1, -0.05) is 24.8 Å². The van der Waals surface area contributed by atoms with Crippen molar-refractivity contribution < 1.29 is 19.2 Å². The van der Waals surface area contributed by atoms with Crippen molar-refractivity contribution >= 4 is 46.9 Å². The van der Waals surface area contributed by atoms with Gasteiger partial charge in [-0.25, -0.2) is 5.84 Å². The molecule has 0 saturated carbocycles. The van der Waals surface area contributed by atoms with E-state index in [-0.39, 0.29) is 16.4 Å². The first-order chi connectivity index (χ1) is 10.3. The predicted molar refractivity (Wildman–Crippen MR) is 85.0 cm³/mol. The van der Waals surface area contributed by atoms with E-state index in [4.69, 9.17) is 0 Å². The van der Waals surface area contributed by atoms with Gasteiger partial charge in [0.05, 0.1) is 12.0 Å². The Morgan fingerprint density at radius 1 is 1.36 bits per heavy atom. The molecule has 120 valence electrons. The van der Waals surface area contributed by atoms with E-state index < -0.39 is 16.1 Å². The second kappa shape index (κ2) is 10.3. The van der Waals surface area contributed by atoms with Gasteiger partial charge in [0.2, 0.25) is 0 Å². The molecule has 10 nitrogen and oxygen atoms in total. The Balaban J connectivity index is 0.000000763. The highest BCUT2D eigenvalue weighted by Crippen LogP contribution is 2.16. The molecule has 1 aromatic rings. The summed E-state index contributed by atoms with van der Waals surface area (Å²) in [5, 5.41) is 10.1. The van der Waals surface area contributed by atoms with Crippen LogP contribution >= 0.6 is 24.8 Å². The zero-order valence-corrected chi connectivity index (χ0v) is 12.9. The van der Waals surface area contributed by atoms with Crippen molar-refractivity contribution in [1.29, 1.82) is 0 Å². The van der Waals surface area contributed by atoms with Crippen LogP contribution in [0.1, 0.15) is 10.4 Å². The first-order valence-corrected chi connectivity index (χ1v) is 6.26. The highest BCUT2D eigenvalue weighted by molar-refractivity contribution is 7.96. The van der Waals surface area contributed by atoms with Crippen molar-refractivity contribution in [2.75, 3.05) is 7.11 Å². The number of amides is 2. The number of nitrogens with one attached hydrogen (secondary N) is 3. The average molecular weight is 347 g/mol. The summed E-state index contributed by atoms with van der Waals surface area (Å²) < 4.78 is 4.59. The maximum atomic E-state index is 11.6. The first kappa shape index (κ1) is 19.6. The Labute approximate surface area is 135 Å². The third-order valence-electron chi connectivity index (χ3n) is 1.93. The number of benzene rings is 1. The molecule has 0 heterocycles. The van der Waals surface area contributed by atoms with Gasteiger partial charge in [-0.3, -0.25) is 36.0 Å². The molecule has 0 atom stereocenters. The van der Waals surface area contributed by atoms with Crippen molar-refractivity contribution in [2.45, 2.75) is 0 Å². The molecule has 0 aromatic heterocycles. The van der Waals surface area contributed by atoms with Gasteiger partial charge in [-0.2, -0.15) is 0 Å². The number of carbonyl (C=O) groups excluding carboxylic acids is 2. The monoisotopic (exact) mass is 347 g/mol. The van der Waals surface area contributed by atoms with E-state index in [0.29, 0.717) is 0 Å². The SMILES string of the molecule is COC(=S)NNC(=O)c1ccccc1[N+](=O)[O-].NNC(=O)S. The Morgan fingerprint density at radius 2 is 1.91 bits per heavy atom. The summed E-state index contributed by atoms with van der Waals surface area (Å²) in [6, 6.07) is 5.58. The van der Waals surface area contributed by atoms with Gasteiger partial charge in [0.1, 0.15) is 5.56 Å². The van der Waals surface area contributed by atoms with E-state index >= 15 is 0 Å². The Bertz CT molecular complexity index is 568. The predicted octanol–water partition coefficient (Wildman–Crippen LogP) is 0.260. The molecule has 2 amide bonds. The number of hydrogen-bond donors (Lipinski definition) is 5. The summed E-state index contributed by atoms with van der Waals surface area (Å²) in [6.07, 6.45) is 0. The van der Waals surface area contributed by atoms with Gasteiger partial charge >= 0.3 is 0 Å². The van der Waals surface area contributed by atoms with Crippen LogP contribution in [0.3, 0.4) is 0 Å². The van der Waals surface area contributed by atoms with Gasteiger partial charge in [0, 0.05) is 6.07 Å². The number of hydrogen-bond acceptors (Lipinski definition) is 7. The van der Waals surface area contributed by atoms with Crippen LogP contribution in [0.25, 0.3) is 0 Å². The number of carbonyl (C=O) groups is 2. The van der Waals surface area contributed by atoms with Crippen molar-refractivity contribution in [2.24, 2.45) is 5.84 Å². The summed E-state index contributed by atoms with van der Waals surface area (Å²) in [4.78, 5) is 31.1. The summed E-state index contributed by atoms with van der Waals surface area (Å²) >= 11 is 7.85. The number of nitro groups is 1. The van der Waals surface area contributed by atoms with E-state index in [1.54, 1.807) is 5.43 Å². The fourth-order valence-corrected chi connectivity index (χ4v) is 1.10. The lowest BCUT2D eigenvalue weighted by Crippen LogP contribution is -2.41.